The van der Waals surface area contributed by atoms with Gasteiger partial charge in [-0.3, -0.25) is 4.79 Å². The van der Waals surface area contributed by atoms with Crippen LogP contribution in [0.4, 0.5) is 0 Å². The van der Waals surface area contributed by atoms with Crippen LogP contribution in [0.5, 0.6) is 0 Å². The number of nitrogens with one attached hydrogen (secondary N) is 1. The van der Waals surface area contributed by atoms with Crippen LogP contribution in [0.25, 0.3) is 0 Å². The standard InChI is InChI=1S/C75H141NO18/c1-3-5-7-9-11-13-15-17-19-20-21-22-23-24-25-26-27-28-29-30-31-32-33-34-35-36-37-38-39-41-43-45-47-49-51-53-63(81)76-58(59(80)52-50-48-46-44-42-40-18-16-14-12-10-8-6-4-2)57-89-73-69(87)66(84)71(61(55-78)91-73)94-75-70(88)67(85)72(62(56-79)92-75)93-74-68(86)65(83)64(82)60(54-77)90-74/h15,17,20-21,58-62,64-75,77-80,82-88H,3-14,16,18-19,22-57H2,1-2H3,(H,76,81)/b17-15-,21-20-. The van der Waals surface area contributed by atoms with Crippen molar-refractivity contribution in [3.8, 4) is 0 Å². The summed E-state index contributed by atoms with van der Waals surface area (Å²) in [5.74, 6) is -0.237. The Hall–Kier alpha value is -1.73. The molecule has 19 nitrogen and oxygen atoms in total. The van der Waals surface area contributed by atoms with Gasteiger partial charge < -0.3 is 89.9 Å². The number of aliphatic hydroxyl groups excluding tert-OH is 11. The molecule has 0 saturated carbocycles. The average Bonchev–Trinajstić information content (AvgIpc) is 0.792. The summed E-state index contributed by atoms with van der Waals surface area (Å²) in [6.45, 7) is 1.82. The van der Waals surface area contributed by atoms with Crippen molar-refractivity contribution in [1.82, 2.24) is 5.32 Å². The van der Waals surface area contributed by atoms with Crippen LogP contribution in [0.1, 0.15) is 316 Å². The van der Waals surface area contributed by atoms with Gasteiger partial charge in [0.2, 0.25) is 5.91 Å². The van der Waals surface area contributed by atoms with Gasteiger partial charge in [-0.25, -0.2) is 0 Å². The molecular formula is C75H141NO18. The molecule has 3 aliphatic rings. The molecule has 1 amide bonds. The number of allylic oxidation sites excluding steroid dienone is 4. The van der Waals surface area contributed by atoms with E-state index in [0.717, 1.165) is 51.4 Å². The van der Waals surface area contributed by atoms with Crippen LogP contribution in [0, 0.1) is 0 Å². The van der Waals surface area contributed by atoms with Gasteiger partial charge in [-0.1, -0.05) is 289 Å². The third-order valence-corrected chi connectivity index (χ3v) is 19.5. The highest BCUT2D eigenvalue weighted by Crippen LogP contribution is 2.33. The first kappa shape index (κ1) is 86.5. The van der Waals surface area contributed by atoms with Crippen molar-refractivity contribution in [3.05, 3.63) is 24.3 Å². The van der Waals surface area contributed by atoms with E-state index in [-0.39, 0.29) is 18.9 Å². The SMILES string of the molecule is CCCCCCC/C=C\C/C=C\CCCCCCCCCCCCCCCCCCCCCCCCCC(=O)NC(COC1OC(CO)C(OC2OC(CO)C(OC3OC(CO)C(O)C(O)C3O)C(O)C2O)C(O)C1O)C(O)CCCCCCCCCCCCCCCC. The Morgan fingerprint density at radius 2 is 0.702 bits per heavy atom. The summed E-state index contributed by atoms with van der Waals surface area (Å²) in [6, 6.07) is -0.884. The van der Waals surface area contributed by atoms with E-state index in [9.17, 15) is 61.0 Å². The molecule has 0 radical (unpaired) electrons. The van der Waals surface area contributed by atoms with Crippen molar-refractivity contribution in [2.45, 2.75) is 420 Å². The van der Waals surface area contributed by atoms with E-state index in [1.165, 1.54) is 231 Å². The lowest BCUT2D eigenvalue weighted by Gasteiger charge is -2.48. The van der Waals surface area contributed by atoms with Gasteiger partial charge >= 0.3 is 0 Å². The van der Waals surface area contributed by atoms with Gasteiger partial charge in [0.1, 0.15) is 73.2 Å². The van der Waals surface area contributed by atoms with E-state index in [0.29, 0.717) is 12.8 Å². The largest absolute Gasteiger partial charge is 0.394 e. The van der Waals surface area contributed by atoms with E-state index < -0.39 is 124 Å². The van der Waals surface area contributed by atoms with Crippen molar-refractivity contribution >= 4 is 5.91 Å². The molecule has 0 bridgehead atoms. The minimum atomic E-state index is -1.97. The van der Waals surface area contributed by atoms with E-state index in [4.69, 9.17) is 28.4 Å². The number of hydrogen-bond acceptors (Lipinski definition) is 18. The summed E-state index contributed by atoms with van der Waals surface area (Å²) in [6.07, 6.45) is 40.0. The molecule has 0 aromatic rings. The number of unbranched alkanes of at least 4 members (excludes halogenated alkanes) is 41. The lowest BCUT2D eigenvalue weighted by molar-refractivity contribution is -0.379. The first-order valence-corrected chi connectivity index (χ1v) is 38.6. The fourth-order valence-corrected chi connectivity index (χ4v) is 13.3. The molecule has 3 saturated heterocycles. The summed E-state index contributed by atoms with van der Waals surface area (Å²) >= 11 is 0. The lowest BCUT2D eigenvalue weighted by atomic mass is 9.96. The molecule has 3 aliphatic heterocycles. The number of carbonyl (C=O) groups is 1. The van der Waals surface area contributed by atoms with Crippen LogP contribution in [0.3, 0.4) is 0 Å². The normalized spacial score (nSPS) is 27.4. The summed E-state index contributed by atoms with van der Waals surface area (Å²) in [5, 5.41) is 121. The predicted octanol–water partition coefficient (Wildman–Crippen LogP) is 11.8. The lowest BCUT2D eigenvalue weighted by Crippen LogP contribution is -2.66. The molecule has 0 aromatic carbocycles. The molecule has 0 aliphatic carbocycles. The molecular weight excluding hydrogens is 1200 g/mol. The molecule has 3 fully saturated rings. The Kier molecular flexibility index (Phi) is 52.4. The van der Waals surface area contributed by atoms with Gasteiger partial charge in [-0.2, -0.15) is 0 Å². The van der Waals surface area contributed by atoms with Gasteiger partial charge in [0.25, 0.3) is 0 Å². The van der Waals surface area contributed by atoms with Gasteiger partial charge in [-0.15, -0.1) is 0 Å². The van der Waals surface area contributed by atoms with Gasteiger partial charge in [0, 0.05) is 6.42 Å². The van der Waals surface area contributed by atoms with E-state index in [1.807, 2.05) is 0 Å². The van der Waals surface area contributed by atoms with E-state index in [1.54, 1.807) is 0 Å². The Morgan fingerprint density at radius 3 is 1.09 bits per heavy atom. The molecule has 12 N–H and O–H groups in total. The van der Waals surface area contributed by atoms with Crippen LogP contribution in [-0.2, 0) is 33.2 Å². The van der Waals surface area contributed by atoms with Crippen molar-refractivity contribution < 1.29 is 89.4 Å². The second kappa shape index (κ2) is 57.0. The topological polar surface area (TPSA) is 307 Å². The van der Waals surface area contributed by atoms with Gasteiger partial charge in [0.05, 0.1) is 38.6 Å². The molecule has 3 rings (SSSR count). The maximum atomic E-state index is 13.4. The van der Waals surface area contributed by atoms with Gasteiger partial charge in [-0.05, 0) is 44.9 Å². The highest BCUT2D eigenvalue weighted by molar-refractivity contribution is 5.76. The zero-order valence-electron chi connectivity index (χ0n) is 59.0. The third kappa shape index (κ3) is 37.6. The van der Waals surface area contributed by atoms with Crippen LogP contribution in [0.2, 0.25) is 0 Å². The number of aliphatic hydroxyl groups is 11. The Balaban J connectivity index is 1.31. The van der Waals surface area contributed by atoms with Crippen LogP contribution in [0.15, 0.2) is 24.3 Å². The molecule has 0 spiro atoms. The molecule has 3 heterocycles. The maximum Gasteiger partial charge on any atom is 0.220 e. The first-order chi connectivity index (χ1) is 45.8. The summed E-state index contributed by atoms with van der Waals surface area (Å²) < 4.78 is 34.4. The monoisotopic (exact) mass is 1340 g/mol. The van der Waals surface area contributed by atoms with Gasteiger partial charge in [0.15, 0.2) is 18.9 Å². The smallest absolute Gasteiger partial charge is 0.220 e. The Bertz CT molecular complexity index is 1800. The Morgan fingerprint density at radius 1 is 0.383 bits per heavy atom. The van der Waals surface area contributed by atoms with Crippen molar-refractivity contribution in [1.29, 1.82) is 0 Å². The highest BCUT2D eigenvalue weighted by Gasteiger charge is 2.53. The van der Waals surface area contributed by atoms with Crippen LogP contribution in [-0.4, -0.2) is 193 Å². The Labute approximate surface area is 568 Å². The number of ether oxygens (including phenoxy) is 6. The fourth-order valence-electron chi connectivity index (χ4n) is 13.3. The summed E-state index contributed by atoms with van der Waals surface area (Å²) in [7, 11) is 0. The minimum Gasteiger partial charge on any atom is -0.394 e. The molecule has 17 atom stereocenters. The second-order valence-corrected chi connectivity index (χ2v) is 27.8. The average molecular weight is 1340 g/mol. The highest BCUT2D eigenvalue weighted by atomic mass is 16.8. The molecule has 94 heavy (non-hydrogen) atoms. The van der Waals surface area contributed by atoms with Crippen LogP contribution < -0.4 is 5.32 Å². The first-order valence-electron chi connectivity index (χ1n) is 38.6. The summed E-state index contributed by atoms with van der Waals surface area (Å²) in [5.41, 5.74) is 0. The second-order valence-electron chi connectivity index (χ2n) is 27.8. The quantitative estimate of drug-likeness (QED) is 0.0199. The zero-order valence-corrected chi connectivity index (χ0v) is 59.0. The predicted molar refractivity (Wildman–Crippen MR) is 370 cm³/mol. The van der Waals surface area contributed by atoms with Crippen molar-refractivity contribution in [2.24, 2.45) is 0 Å². The number of carbonyl (C=O) groups excluding carboxylic acids is 1. The van der Waals surface area contributed by atoms with Crippen LogP contribution >= 0.6 is 0 Å². The van der Waals surface area contributed by atoms with E-state index in [2.05, 4.69) is 43.5 Å². The third-order valence-electron chi connectivity index (χ3n) is 19.5. The number of rotatable bonds is 61. The molecule has 19 heteroatoms. The molecule has 17 unspecified atom stereocenters. The fraction of sp³-hybridized carbons (Fsp3) is 0.933. The molecule has 554 valence electrons. The minimum absolute atomic E-state index is 0.237. The summed E-state index contributed by atoms with van der Waals surface area (Å²) in [4.78, 5) is 13.4. The van der Waals surface area contributed by atoms with Crippen molar-refractivity contribution in [3.63, 3.8) is 0 Å². The van der Waals surface area contributed by atoms with E-state index >= 15 is 0 Å². The number of hydrogen-bond donors (Lipinski definition) is 12. The van der Waals surface area contributed by atoms with Crippen molar-refractivity contribution in [2.75, 3.05) is 26.4 Å². The maximum absolute atomic E-state index is 13.4. The number of amides is 1. The zero-order chi connectivity index (χ0) is 68.2. The molecule has 0 aromatic heterocycles.